The Kier molecular flexibility index (Phi) is 3.37. The van der Waals surface area contributed by atoms with Gasteiger partial charge < -0.3 is 10.5 Å². The molecule has 0 aromatic heterocycles. The van der Waals surface area contributed by atoms with Crippen molar-refractivity contribution in [1.29, 1.82) is 0 Å². The highest BCUT2D eigenvalue weighted by molar-refractivity contribution is 6.32. The molecule has 0 atom stereocenters. The summed E-state index contributed by atoms with van der Waals surface area (Å²) in [5.41, 5.74) is 8.50. The first-order chi connectivity index (χ1) is 8.04. The quantitative estimate of drug-likeness (QED) is 0.892. The molecule has 1 aliphatic carbocycles. The number of rotatable bonds is 4. The van der Waals surface area contributed by atoms with Crippen molar-refractivity contribution >= 4 is 11.6 Å². The number of hydrogen-bond donors (Lipinski definition) is 1. The maximum atomic E-state index is 6.30. The Morgan fingerprint density at radius 3 is 2.47 bits per heavy atom. The molecule has 1 saturated carbocycles. The third-order valence-electron chi connectivity index (χ3n) is 3.76. The number of hydrogen-bond acceptors (Lipinski definition) is 2. The molecule has 17 heavy (non-hydrogen) atoms. The van der Waals surface area contributed by atoms with Crippen LogP contribution in [0, 0.1) is 0 Å². The molecule has 0 amide bonds. The van der Waals surface area contributed by atoms with Crippen LogP contribution < -0.4 is 10.5 Å². The average Bonchev–Trinajstić information content (AvgIpc) is 3.08. The molecule has 1 aromatic carbocycles. The smallest absolute Gasteiger partial charge is 0.140 e. The van der Waals surface area contributed by atoms with E-state index in [1.807, 2.05) is 6.07 Å². The van der Waals surface area contributed by atoms with Crippen molar-refractivity contribution in [3.05, 3.63) is 28.3 Å². The standard InChI is InChI=1S/C14H20ClNO/c1-9(2)11-6-10(14(8-16)4-5-14)7-12(15)13(11)17-3/h6-7,9H,4-5,8,16H2,1-3H3. The lowest BCUT2D eigenvalue weighted by Gasteiger charge is -2.19. The molecule has 0 saturated heterocycles. The molecule has 0 aliphatic heterocycles. The highest BCUT2D eigenvalue weighted by Crippen LogP contribution is 2.49. The topological polar surface area (TPSA) is 35.2 Å². The van der Waals surface area contributed by atoms with E-state index in [-0.39, 0.29) is 5.41 Å². The van der Waals surface area contributed by atoms with E-state index in [4.69, 9.17) is 22.1 Å². The number of ether oxygens (including phenoxy) is 1. The van der Waals surface area contributed by atoms with E-state index < -0.39 is 0 Å². The second-order valence-electron chi connectivity index (χ2n) is 5.22. The first kappa shape index (κ1) is 12.7. The summed E-state index contributed by atoms with van der Waals surface area (Å²) in [6.07, 6.45) is 2.34. The maximum absolute atomic E-state index is 6.30. The van der Waals surface area contributed by atoms with Crippen LogP contribution in [0.15, 0.2) is 12.1 Å². The van der Waals surface area contributed by atoms with Crippen molar-refractivity contribution in [2.75, 3.05) is 13.7 Å². The zero-order valence-corrected chi connectivity index (χ0v) is 11.5. The third-order valence-corrected chi connectivity index (χ3v) is 4.04. The van der Waals surface area contributed by atoms with Crippen LogP contribution in [0.5, 0.6) is 5.75 Å². The second kappa shape index (κ2) is 4.51. The normalized spacial score (nSPS) is 17.3. The van der Waals surface area contributed by atoms with Gasteiger partial charge in [0.1, 0.15) is 5.75 Å². The summed E-state index contributed by atoms with van der Waals surface area (Å²) >= 11 is 6.30. The Labute approximate surface area is 108 Å². The van der Waals surface area contributed by atoms with Crippen LogP contribution in [-0.2, 0) is 5.41 Å². The predicted octanol–water partition coefficient (Wildman–Crippen LogP) is 3.46. The number of nitrogens with two attached hydrogens (primary N) is 1. The van der Waals surface area contributed by atoms with Crippen LogP contribution in [0.4, 0.5) is 0 Å². The summed E-state index contributed by atoms with van der Waals surface area (Å²) in [4.78, 5) is 0. The minimum Gasteiger partial charge on any atom is -0.495 e. The van der Waals surface area contributed by atoms with Crippen molar-refractivity contribution in [3.8, 4) is 5.75 Å². The Balaban J connectivity index is 2.50. The third kappa shape index (κ3) is 2.16. The lowest BCUT2D eigenvalue weighted by molar-refractivity contribution is 0.407. The second-order valence-corrected chi connectivity index (χ2v) is 5.63. The van der Waals surface area contributed by atoms with Gasteiger partial charge in [0, 0.05) is 12.0 Å². The Morgan fingerprint density at radius 1 is 1.41 bits per heavy atom. The van der Waals surface area contributed by atoms with Crippen LogP contribution in [0.25, 0.3) is 0 Å². The monoisotopic (exact) mass is 253 g/mol. The van der Waals surface area contributed by atoms with Gasteiger partial charge in [-0.1, -0.05) is 31.5 Å². The fourth-order valence-electron chi connectivity index (χ4n) is 2.33. The molecule has 1 aliphatic rings. The van der Waals surface area contributed by atoms with Gasteiger partial charge in [0.15, 0.2) is 0 Å². The molecule has 0 unspecified atom stereocenters. The molecule has 1 aromatic rings. The summed E-state index contributed by atoms with van der Waals surface area (Å²) in [6.45, 7) is 5.01. The van der Waals surface area contributed by atoms with Gasteiger partial charge in [-0.25, -0.2) is 0 Å². The van der Waals surface area contributed by atoms with Gasteiger partial charge in [0.2, 0.25) is 0 Å². The Morgan fingerprint density at radius 2 is 2.06 bits per heavy atom. The highest BCUT2D eigenvalue weighted by atomic mass is 35.5. The fourth-order valence-corrected chi connectivity index (χ4v) is 2.63. The first-order valence-electron chi connectivity index (χ1n) is 6.12. The van der Waals surface area contributed by atoms with Crippen molar-refractivity contribution in [1.82, 2.24) is 0 Å². The molecule has 2 rings (SSSR count). The van der Waals surface area contributed by atoms with Gasteiger partial charge in [-0.15, -0.1) is 0 Å². The van der Waals surface area contributed by atoms with Crippen molar-refractivity contribution < 1.29 is 4.74 Å². The van der Waals surface area contributed by atoms with Crippen LogP contribution in [0.2, 0.25) is 5.02 Å². The average molecular weight is 254 g/mol. The first-order valence-corrected chi connectivity index (χ1v) is 6.50. The van der Waals surface area contributed by atoms with Gasteiger partial charge in [-0.05, 0) is 36.0 Å². The summed E-state index contributed by atoms with van der Waals surface area (Å²) in [7, 11) is 1.67. The maximum Gasteiger partial charge on any atom is 0.140 e. The molecule has 2 nitrogen and oxygen atoms in total. The molecular weight excluding hydrogens is 234 g/mol. The van der Waals surface area contributed by atoms with Crippen molar-refractivity contribution in [3.63, 3.8) is 0 Å². The molecule has 0 heterocycles. The zero-order chi connectivity index (χ0) is 12.6. The lowest BCUT2D eigenvalue weighted by Crippen LogP contribution is -2.20. The van der Waals surface area contributed by atoms with Crippen LogP contribution >= 0.6 is 11.6 Å². The number of methoxy groups -OCH3 is 1. The van der Waals surface area contributed by atoms with Crippen LogP contribution in [-0.4, -0.2) is 13.7 Å². The molecule has 0 bridgehead atoms. The van der Waals surface area contributed by atoms with Gasteiger partial charge in [0.05, 0.1) is 12.1 Å². The largest absolute Gasteiger partial charge is 0.495 e. The van der Waals surface area contributed by atoms with E-state index in [1.165, 1.54) is 24.0 Å². The van der Waals surface area contributed by atoms with Gasteiger partial charge in [-0.2, -0.15) is 0 Å². The molecule has 0 spiro atoms. The Hall–Kier alpha value is -0.730. The van der Waals surface area contributed by atoms with Crippen LogP contribution in [0.1, 0.15) is 43.7 Å². The Bertz CT molecular complexity index is 424. The van der Waals surface area contributed by atoms with E-state index in [0.29, 0.717) is 17.5 Å². The molecule has 0 radical (unpaired) electrons. The van der Waals surface area contributed by atoms with E-state index >= 15 is 0 Å². The summed E-state index contributed by atoms with van der Waals surface area (Å²) < 4.78 is 5.40. The number of benzene rings is 1. The van der Waals surface area contributed by atoms with E-state index in [1.54, 1.807) is 7.11 Å². The molecule has 1 fully saturated rings. The highest BCUT2D eigenvalue weighted by Gasteiger charge is 2.43. The van der Waals surface area contributed by atoms with E-state index in [2.05, 4.69) is 19.9 Å². The zero-order valence-electron chi connectivity index (χ0n) is 10.7. The van der Waals surface area contributed by atoms with E-state index in [0.717, 1.165) is 5.75 Å². The minimum absolute atomic E-state index is 0.180. The lowest BCUT2D eigenvalue weighted by atomic mass is 9.91. The molecule has 94 valence electrons. The molecule has 2 N–H and O–H groups in total. The summed E-state index contributed by atoms with van der Waals surface area (Å²) in [5, 5.41) is 0.702. The minimum atomic E-state index is 0.180. The van der Waals surface area contributed by atoms with Crippen molar-refractivity contribution in [2.24, 2.45) is 5.73 Å². The SMILES string of the molecule is COc1c(Cl)cc(C2(CN)CC2)cc1C(C)C. The summed E-state index contributed by atoms with van der Waals surface area (Å²) in [5.74, 6) is 1.20. The van der Waals surface area contributed by atoms with Crippen molar-refractivity contribution in [2.45, 2.75) is 38.0 Å². The summed E-state index contributed by atoms with van der Waals surface area (Å²) in [6, 6.07) is 4.24. The van der Waals surface area contributed by atoms with Gasteiger partial charge in [-0.3, -0.25) is 0 Å². The number of halogens is 1. The molecular formula is C14H20ClNO. The van der Waals surface area contributed by atoms with E-state index in [9.17, 15) is 0 Å². The van der Waals surface area contributed by atoms with Gasteiger partial charge >= 0.3 is 0 Å². The predicted molar refractivity (Wildman–Crippen MR) is 72.1 cm³/mol. The molecule has 3 heteroatoms. The van der Waals surface area contributed by atoms with Crippen LogP contribution in [0.3, 0.4) is 0 Å². The fraction of sp³-hybridized carbons (Fsp3) is 0.571. The van der Waals surface area contributed by atoms with Gasteiger partial charge in [0.25, 0.3) is 0 Å².